The van der Waals surface area contributed by atoms with Gasteiger partial charge >= 0.3 is 0 Å². The van der Waals surface area contributed by atoms with Gasteiger partial charge in [-0.1, -0.05) is 0 Å². The third-order valence-electron chi connectivity index (χ3n) is 3.42. The maximum Gasteiger partial charge on any atom is 0.184 e. The number of anilines is 1. The predicted molar refractivity (Wildman–Crippen MR) is 73.1 cm³/mol. The molecule has 1 aliphatic rings. The Kier molecular flexibility index (Phi) is 4.59. The van der Waals surface area contributed by atoms with Gasteiger partial charge in [-0.25, -0.2) is 17.2 Å². The van der Waals surface area contributed by atoms with Crippen molar-refractivity contribution in [2.24, 2.45) is 0 Å². The highest BCUT2D eigenvalue weighted by molar-refractivity contribution is 7.91. The van der Waals surface area contributed by atoms with E-state index in [4.69, 9.17) is 5.73 Å². The van der Waals surface area contributed by atoms with E-state index in [2.05, 4.69) is 4.90 Å². The lowest BCUT2D eigenvalue weighted by molar-refractivity contribution is 0.340. The summed E-state index contributed by atoms with van der Waals surface area (Å²) in [6.45, 7) is 2.56. The number of nitrogens with two attached hydrogens (primary N) is 1. The molecular weight excluding hydrogens is 286 g/mol. The molecule has 0 saturated carbocycles. The van der Waals surface area contributed by atoms with Crippen molar-refractivity contribution in [1.29, 1.82) is 0 Å². The first-order valence-electron chi connectivity index (χ1n) is 6.60. The van der Waals surface area contributed by atoms with Gasteiger partial charge in [-0.2, -0.15) is 0 Å². The van der Waals surface area contributed by atoms with Crippen LogP contribution in [0.5, 0.6) is 0 Å². The number of benzene rings is 1. The van der Waals surface area contributed by atoms with Crippen molar-refractivity contribution in [1.82, 2.24) is 4.90 Å². The zero-order valence-electron chi connectivity index (χ0n) is 11.1. The Bertz CT molecular complexity index is 561. The minimum Gasteiger partial charge on any atom is -0.399 e. The minimum atomic E-state index is -3.96. The van der Waals surface area contributed by atoms with Crippen molar-refractivity contribution >= 4 is 15.5 Å². The normalized spacial score (nSPS) is 16.7. The summed E-state index contributed by atoms with van der Waals surface area (Å²) in [5.74, 6) is -2.51. The fourth-order valence-corrected chi connectivity index (χ4v) is 3.89. The molecule has 1 saturated heterocycles. The van der Waals surface area contributed by atoms with E-state index in [1.54, 1.807) is 0 Å². The Morgan fingerprint density at radius 1 is 1.15 bits per heavy atom. The number of likely N-dealkylation sites (tertiary alicyclic amines) is 1. The van der Waals surface area contributed by atoms with Crippen molar-refractivity contribution in [3.63, 3.8) is 0 Å². The summed E-state index contributed by atoms with van der Waals surface area (Å²) in [7, 11) is -3.96. The number of rotatable bonds is 5. The van der Waals surface area contributed by atoms with Gasteiger partial charge < -0.3 is 10.6 Å². The Morgan fingerprint density at radius 2 is 1.70 bits per heavy atom. The number of nitrogen functional groups attached to an aromatic ring is 1. The van der Waals surface area contributed by atoms with Crippen molar-refractivity contribution in [3.8, 4) is 0 Å². The Hall–Kier alpha value is -1.21. The van der Waals surface area contributed by atoms with Crippen LogP contribution in [0.4, 0.5) is 14.5 Å². The average Bonchev–Trinajstić information content (AvgIpc) is 2.79. The third kappa shape index (κ3) is 3.46. The molecule has 112 valence electrons. The maximum absolute atomic E-state index is 13.6. The van der Waals surface area contributed by atoms with Crippen LogP contribution in [0.2, 0.25) is 0 Å². The molecule has 0 atom stereocenters. The molecule has 0 unspecified atom stereocenters. The number of hydrogen-bond acceptors (Lipinski definition) is 4. The Balaban J connectivity index is 2.06. The summed E-state index contributed by atoms with van der Waals surface area (Å²) in [5.41, 5.74) is 5.14. The number of halogens is 2. The summed E-state index contributed by atoms with van der Waals surface area (Å²) >= 11 is 0. The fourth-order valence-electron chi connectivity index (χ4n) is 2.46. The van der Waals surface area contributed by atoms with Crippen molar-refractivity contribution < 1.29 is 17.2 Å². The smallest absolute Gasteiger partial charge is 0.184 e. The molecule has 7 heteroatoms. The van der Waals surface area contributed by atoms with E-state index in [0.717, 1.165) is 38.1 Å². The SMILES string of the molecule is Nc1cc(F)c(S(=O)(=O)CCCN2CCCC2)c(F)c1. The molecule has 1 aromatic rings. The van der Waals surface area contributed by atoms with Crippen molar-refractivity contribution in [2.75, 3.05) is 31.1 Å². The topological polar surface area (TPSA) is 63.4 Å². The number of hydrogen-bond donors (Lipinski definition) is 1. The van der Waals surface area contributed by atoms with E-state index in [9.17, 15) is 17.2 Å². The standard InChI is InChI=1S/C13H18F2N2O2S/c14-11-8-10(16)9-12(15)13(11)20(18,19)7-3-6-17-4-1-2-5-17/h8-9H,1-7,16H2. The fraction of sp³-hybridized carbons (Fsp3) is 0.538. The largest absolute Gasteiger partial charge is 0.399 e. The average molecular weight is 304 g/mol. The lowest BCUT2D eigenvalue weighted by Gasteiger charge is -2.14. The van der Waals surface area contributed by atoms with Crippen LogP contribution in [0.15, 0.2) is 17.0 Å². The van der Waals surface area contributed by atoms with Crippen LogP contribution in [0, 0.1) is 11.6 Å². The zero-order valence-corrected chi connectivity index (χ0v) is 11.9. The Morgan fingerprint density at radius 3 is 2.25 bits per heavy atom. The monoisotopic (exact) mass is 304 g/mol. The molecule has 0 aromatic heterocycles. The minimum absolute atomic E-state index is 0.129. The van der Waals surface area contributed by atoms with Crippen LogP contribution in [0.1, 0.15) is 19.3 Å². The number of nitrogens with zero attached hydrogens (tertiary/aromatic N) is 1. The summed E-state index contributed by atoms with van der Waals surface area (Å²) in [5, 5.41) is 0. The van der Waals surface area contributed by atoms with Gasteiger partial charge in [0.15, 0.2) is 9.84 Å². The first-order valence-corrected chi connectivity index (χ1v) is 8.25. The van der Waals surface area contributed by atoms with E-state index >= 15 is 0 Å². The van der Waals surface area contributed by atoms with Crippen molar-refractivity contribution in [3.05, 3.63) is 23.8 Å². The molecule has 1 aromatic carbocycles. The van der Waals surface area contributed by atoms with E-state index in [0.29, 0.717) is 13.0 Å². The van der Waals surface area contributed by atoms with Gasteiger partial charge in [-0.3, -0.25) is 0 Å². The van der Waals surface area contributed by atoms with Crippen LogP contribution in [0.3, 0.4) is 0 Å². The lowest BCUT2D eigenvalue weighted by Crippen LogP contribution is -2.23. The van der Waals surface area contributed by atoms with Crippen LogP contribution >= 0.6 is 0 Å². The van der Waals surface area contributed by atoms with Gasteiger partial charge in [-0.15, -0.1) is 0 Å². The maximum atomic E-state index is 13.6. The third-order valence-corrected chi connectivity index (χ3v) is 5.26. The second-order valence-electron chi connectivity index (χ2n) is 5.03. The number of sulfone groups is 1. The molecule has 1 aliphatic heterocycles. The molecule has 20 heavy (non-hydrogen) atoms. The molecule has 0 spiro atoms. The second kappa shape index (κ2) is 6.05. The van der Waals surface area contributed by atoms with Crippen LogP contribution in [0.25, 0.3) is 0 Å². The van der Waals surface area contributed by atoms with Gasteiger partial charge in [-0.05, 0) is 51.0 Å². The molecule has 0 amide bonds. The molecule has 0 aliphatic carbocycles. The second-order valence-corrected chi connectivity index (χ2v) is 7.08. The zero-order chi connectivity index (χ0) is 14.8. The first-order chi connectivity index (χ1) is 9.40. The molecular formula is C13H18F2N2O2S. The highest BCUT2D eigenvalue weighted by Gasteiger charge is 2.24. The molecule has 1 heterocycles. The molecule has 2 N–H and O–H groups in total. The Labute approximate surface area is 117 Å². The van der Waals surface area contributed by atoms with E-state index in [1.165, 1.54) is 0 Å². The van der Waals surface area contributed by atoms with Gasteiger partial charge in [0.25, 0.3) is 0 Å². The van der Waals surface area contributed by atoms with Gasteiger partial charge in [0.05, 0.1) is 5.75 Å². The van der Waals surface area contributed by atoms with Gasteiger partial charge in [0.2, 0.25) is 0 Å². The molecule has 0 bridgehead atoms. The highest BCUT2D eigenvalue weighted by atomic mass is 32.2. The first kappa shape index (κ1) is 15.2. The van der Waals surface area contributed by atoms with Crippen LogP contribution in [-0.2, 0) is 9.84 Å². The van der Waals surface area contributed by atoms with Crippen molar-refractivity contribution in [2.45, 2.75) is 24.2 Å². The highest BCUT2D eigenvalue weighted by Crippen LogP contribution is 2.23. The summed E-state index contributed by atoms with van der Waals surface area (Å²) < 4.78 is 51.3. The van der Waals surface area contributed by atoms with E-state index in [-0.39, 0.29) is 11.4 Å². The molecule has 4 nitrogen and oxygen atoms in total. The molecule has 2 rings (SSSR count). The summed E-state index contributed by atoms with van der Waals surface area (Å²) in [6.07, 6.45) is 2.60. The predicted octanol–water partition coefficient (Wildman–Crippen LogP) is 1.81. The van der Waals surface area contributed by atoms with E-state index in [1.807, 2.05) is 0 Å². The van der Waals surface area contributed by atoms with Gasteiger partial charge in [0, 0.05) is 5.69 Å². The summed E-state index contributed by atoms with van der Waals surface area (Å²) in [4.78, 5) is 1.29. The summed E-state index contributed by atoms with van der Waals surface area (Å²) in [6, 6.07) is 1.66. The molecule has 0 radical (unpaired) electrons. The van der Waals surface area contributed by atoms with E-state index < -0.39 is 26.4 Å². The lowest BCUT2D eigenvalue weighted by atomic mass is 10.3. The van der Waals surface area contributed by atoms with Gasteiger partial charge in [0.1, 0.15) is 16.5 Å². The molecule has 1 fully saturated rings. The van der Waals surface area contributed by atoms with Crippen LogP contribution < -0.4 is 5.73 Å². The van der Waals surface area contributed by atoms with Crippen LogP contribution in [-0.4, -0.2) is 38.7 Å². The quantitative estimate of drug-likeness (QED) is 0.843.